The highest BCUT2D eigenvalue weighted by Crippen LogP contribution is 2.38. The summed E-state index contributed by atoms with van der Waals surface area (Å²) in [5.74, 6) is 1.08. The van der Waals surface area contributed by atoms with E-state index in [-0.39, 0.29) is 12.0 Å². The maximum Gasteiger partial charge on any atom is 0.405 e. The molecule has 1 saturated heterocycles. The first-order valence-electron chi connectivity index (χ1n) is 12.0. The number of hydrogen-bond donors (Lipinski definition) is 2. The smallest absolute Gasteiger partial charge is 0.379 e. The van der Waals surface area contributed by atoms with Crippen LogP contribution in [0.1, 0.15) is 25.0 Å². The van der Waals surface area contributed by atoms with E-state index in [0.29, 0.717) is 17.4 Å². The Balaban J connectivity index is 1.39. The van der Waals surface area contributed by atoms with E-state index in [1.165, 1.54) is 11.3 Å². The number of nitrogens with one attached hydrogen (secondary N) is 2. The second-order valence-corrected chi connectivity index (χ2v) is 10.3. The van der Waals surface area contributed by atoms with Crippen molar-refractivity contribution < 1.29 is 17.9 Å². The molecule has 11 heteroatoms. The van der Waals surface area contributed by atoms with Crippen LogP contribution in [-0.4, -0.2) is 71.5 Å². The van der Waals surface area contributed by atoms with Crippen molar-refractivity contribution >= 4 is 33.3 Å². The van der Waals surface area contributed by atoms with Crippen molar-refractivity contribution in [3.8, 4) is 10.6 Å². The molecule has 3 heterocycles. The molecule has 1 aromatic carbocycles. The van der Waals surface area contributed by atoms with Gasteiger partial charge in [-0.3, -0.25) is 4.90 Å². The lowest BCUT2D eigenvalue weighted by Crippen LogP contribution is -2.39. The first-order valence-corrected chi connectivity index (χ1v) is 12.8. The Labute approximate surface area is 206 Å². The molecular formula is C24H29F3N6OS. The van der Waals surface area contributed by atoms with Gasteiger partial charge in [-0.15, -0.1) is 11.3 Å². The number of halogens is 3. The average molecular weight is 507 g/mol. The minimum absolute atomic E-state index is 0.0324. The van der Waals surface area contributed by atoms with Crippen molar-refractivity contribution in [3.05, 3.63) is 30.0 Å². The quantitative estimate of drug-likeness (QED) is 0.470. The third-order valence-corrected chi connectivity index (χ3v) is 7.60. The summed E-state index contributed by atoms with van der Waals surface area (Å²) in [5, 5.41) is 6.65. The number of anilines is 2. The van der Waals surface area contributed by atoms with Crippen LogP contribution in [0.2, 0.25) is 0 Å². The zero-order valence-corrected chi connectivity index (χ0v) is 20.4. The van der Waals surface area contributed by atoms with Crippen LogP contribution in [0.25, 0.3) is 20.8 Å². The van der Waals surface area contributed by atoms with Gasteiger partial charge in [-0.05, 0) is 44.2 Å². The molecule has 0 bridgehead atoms. The molecule has 3 aromatic rings. The molecule has 2 aromatic heterocycles. The molecule has 7 nitrogen and oxygen atoms in total. The number of rotatable bonds is 7. The normalized spacial score (nSPS) is 21.5. The van der Waals surface area contributed by atoms with Gasteiger partial charge in [-0.1, -0.05) is 12.1 Å². The molecule has 0 radical (unpaired) electrons. The van der Waals surface area contributed by atoms with Crippen LogP contribution in [0.4, 0.5) is 24.9 Å². The molecule has 1 aliphatic heterocycles. The van der Waals surface area contributed by atoms with Gasteiger partial charge in [0.15, 0.2) is 0 Å². The summed E-state index contributed by atoms with van der Waals surface area (Å²) in [6, 6.07) is 8.05. The van der Waals surface area contributed by atoms with Crippen LogP contribution in [0.5, 0.6) is 0 Å². The standard InChI is InChI=1S/C24H29F3N6OS/c1-15-20(22-31-18-4-2-3-5-19(18)35-22)21(32-23(29-15)28-14-24(25,26)27)30-17-7-6-16(12-17)13-33-8-10-34-11-9-33/h2-5,16-17H,6-14H2,1H3,(H2,28,29,30,32). The highest BCUT2D eigenvalue weighted by atomic mass is 32.1. The predicted molar refractivity (Wildman–Crippen MR) is 132 cm³/mol. The third-order valence-electron chi connectivity index (χ3n) is 6.55. The fourth-order valence-corrected chi connectivity index (χ4v) is 5.95. The number of alkyl halides is 3. The van der Waals surface area contributed by atoms with Crippen LogP contribution in [0.15, 0.2) is 24.3 Å². The van der Waals surface area contributed by atoms with Crippen molar-refractivity contribution in [2.45, 2.75) is 38.4 Å². The average Bonchev–Trinajstić information content (AvgIpc) is 3.44. The van der Waals surface area contributed by atoms with E-state index < -0.39 is 12.7 Å². The van der Waals surface area contributed by atoms with E-state index in [1.54, 1.807) is 6.92 Å². The lowest BCUT2D eigenvalue weighted by Gasteiger charge is -2.29. The zero-order chi connectivity index (χ0) is 24.4. The van der Waals surface area contributed by atoms with Crippen LogP contribution in [-0.2, 0) is 4.74 Å². The molecular weight excluding hydrogens is 477 g/mol. The number of para-hydroxylation sites is 1. The molecule has 5 rings (SSSR count). The van der Waals surface area contributed by atoms with Gasteiger partial charge < -0.3 is 15.4 Å². The Kier molecular flexibility index (Phi) is 7.08. The van der Waals surface area contributed by atoms with Crippen LogP contribution < -0.4 is 10.6 Å². The molecule has 1 aliphatic carbocycles. The van der Waals surface area contributed by atoms with Gasteiger partial charge in [0.25, 0.3) is 0 Å². The molecule has 0 amide bonds. The van der Waals surface area contributed by atoms with Gasteiger partial charge in [-0.25, -0.2) is 9.97 Å². The van der Waals surface area contributed by atoms with Gasteiger partial charge >= 0.3 is 6.18 Å². The third kappa shape index (κ3) is 6.02. The molecule has 35 heavy (non-hydrogen) atoms. The van der Waals surface area contributed by atoms with E-state index in [1.807, 2.05) is 24.3 Å². The SMILES string of the molecule is Cc1nc(NCC(F)(F)F)nc(NC2CCC(CN3CCOCC3)C2)c1-c1nc2ccccc2s1. The van der Waals surface area contributed by atoms with Crippen LogP contribution >= 0.6 is 11.3 Å². The maximum atomic E-state index is 12.8. The highest BCUT2D eigenvalue weighted by Gasteiger charge is 2.30. The van der Waals surface area contributed by atoms with Crippen LogP contribution in [0, 0.1) is 12.8 Å². The number of fused-ring (bicyclic) bond motifs is 1. The molecule has 2 unspecified atom stereocenters. The summed E-state index contributed by atoms with van der Waals surface area (Å²) in [7, 11) is 0. The molecule has 2 atom stereocenters. The summed E-state index contributed by atoms with van der Waals surface area (Å²) in [4.78, 5) is 16.1. The second-order valence-electron chi connectivity index (χ2n) is 9.25. The number of aryl methyl sites for hydroxylation is 1. The van der Waals surface area contributed by atoms with Gasteiger partial charge in [0.2, 0.25) is 5.95 Å². The number of hydrogen-bond acceptors (Lipinski definition) is 8. The van der Waals surface area contributed by atoms with Crippen molar-refractivity contribution in [2.75, 3.05) is 50.0 Å². The predicted octanol–water partition coefficient (Wildman–Crippen LogP) is 4.95. The minimum atomic E-state index is -4.35. The van der Waals surface area contributed by atoms with Crippen molar-refractivity contribution in [3.63, 3.8) is 0 Å². The monoisotopic (exact) mass is 506 g/mol. The van der Waals surface area contributed by atoms with E-state index in [2.05, 4.69) is 25.5 Å². The number of morpholine rings is 1. The zero-order valence-electron chi connectivity index (χ0n) is 19.6. The molecule has 2 aliphatic rings. The first kappa shape index (κ1) is 24.2. The molecule has 2 N–H and O–H groups in total. The van der Waals surface area contributed by atoms with Crippen LogP contribution in [0.3, 0.4) is 0 Å². The Hall–Kier alpha value is -2.50. The van der Waals surface area contributed by atoms with Gasteiger partial charge in [0.05, 0.1) is 34.7 Å². The Morgan fingerprint density at radius 1 is 1.11 bits per heavy atom. The molecule has 188 valence electrons. The maximum absolute atomic E-state index is 12.8. The van der Waals surface area contributed by atoms with Gasteiger partial charge in [0, 0.05) is 25.7 Å². The van der Waals surface area contributed by atoms with E-state index >= 15 is 0 Å². The number of aromatic nitrogens is 3. The minimum Gasteiger partial charge on any atom is -0.379 e. The van der Waals surface area contributed by atoms with E-state index in [0.717, 1.165) is 72.9 Å². The van der Waals surface area contributed by atoms with Gasteiger partial charge in [0.1, 0.15) is 17.4 Å². The Morgan fingerprint density at radius 2 is 1.91 bits per heavy atom. The number of ether oxygens (including phenoxy) is 1. The van der Waals surface area contributed by atoms with Gasteiger partial charge in [-0.2, -0.15) is 18.2 Å². The first-order chi connectivity index (χ1) is 16.8. The van der Waals surface area contributed by atoms with E-state index in [9.17, 15) is 13.2 Å². The van der Waals surface area contributed by atoms with Crippen molar-refractivity contribution in [1.82, 2.24) is 19.9 Å². The lowest BCUT2D eigenvalue weighted by molar-refractivity contribution is -0.115. The molecule has 1 saturated carbocycles. The number of benzene rings is 1. The second kappa shape index (κ2) is 10.2. The van der Waals surface area contributed by atoms with Crippen molar-refractivity contribution in [2.24, 2.45) is 5.92 Å². The fourth-order valence-electron chi connectivity index (χ4n) is 4.88. The number of thiazole rings is 1. The molecule has 0 spiro atoms. The lowest BCUT2D eigenvalue weighted by atomic mass is 10.1. The Morgan fingerprint density at radius 3 is 2.69 bits per heavy atom. The van der Waals surface area contributed by atoms with Crippen molar-refractivity contribution in [1.29, 1.82) is 0 Å². The summed E-state index contributed by atoms with van der Waals surface area (Å²) in [6.07, 6.45) is -1.27. The summed E-state index contributed by atoms with van der Waals surface area (Å²) >= 11 is 1.53. The summed E-state index contributed by atoms with van der Waals surface area (Å²) < 4.78 is 44.9. The summed E-state index contributed by atoms with van der Waals surface area (Å²) in [5.41, 5.74) is 2.22. The summed E-state index contributed by atoms with van der Waals surface area (Å²) in [6.45, 7) is 5.17. The largest absolute Gasteiger partial charge is 0.405 e. The number of nitrogens with zero attached hydrogens (tertiary/aromatic N) is 4. The molecule has 2 fully saturated rings. The Bertz CT molecular complexity index is 1130. The topological polar surface area (TPSA) is 75.2 Å². The van der Waals surface area contributed by atoms with E-state index in [4.69, 9.17) is 9.72 Å². The fraction of sp³-hybridized carbons (Fsp3) is 0.542. The highest BCUT2D eigenvalue weighted by molar-refractivity contribution is 7.21.